The van der Waals surface area contributed by atoms with E-state index >= 15 is 0 Å². The summed E-state index contributed by atoms with van der Waals surface area (Å²) in [5.41, 5.74) is 9.80. The summed E-state index contributed by atoms with van der Waals surface area (Å²) in [6.07, 6.45) is 0. The van der Waals surface area contributed by atoms with E-state index < -0.39 is 0 Å². The van der Waals surface area contributed by atoms with Crippen molar-refractivity contribution in [2.24, 2.45) is 0 Å². The zero-order chi connectivity index (χ0) is 11.8. The summed E-state index contributed by atoms with van der Waals surface area (Å²) in [5.74, 6) is 0. The van der Waals surface area contributed by atoms with Crippen molar-refractivity contribution in [1.82, 2.24) is 0 Å². The van der Waals surface area contributed by atoms with Crippen molar-refractivity contribution in [1.29, 1.82) is 0 Å². The largest absolute Gasteiger partial charge is 0.390 e. The molecule has 2 heteroatoms. The van der Waals surface area contributed by atoms with Crippen molar-refractivity contribution in [2.45, 2.75) is 6.92 Å². The Morgan fingerprint density at radius 1 is 1.00 bits per heavy atom. The molecule has 3 aromatic rings. The Morgan fingerprint density at radius 2 is 1.76 bits per heavy atom. The fourth-order valence-corrected chi connectivity index (χ4v) is 3.22. The van der Waals surface area contributed by atoms with E-state index in [-0.39, 0.29) is 0 Å². The normalized spacial score (nSPS) is 10.9. The van der Waals surface area contributed by atoms with Gasteiger partial charge in [0.15, 0.2) is 0 Å². The zero-order valence-corrected chi connectivity index (χ0v) is 10.4. The second-order valence-electron chi connectivity index (χ2n) is 4.21. The van der Waals surface area contributed by atoms with Crippen LogP contribution in [-0.4, -0.2) is 0 Å². The van der Waals surface area contributed by atoms with Crippen molar-refractivity contribution in [3.8, 4) is 11.1 Å². The van der Waals surface area contributed by atoms with Crippen molar-refractivity contribution < 1.29 is 0 Å². The van der Waals surface area contributed by atoms with Gasteiger partial charge in [-0.25, -0.2) is 0 Å². The second-order valence-corrected chi connectivity index (χ2v) is 5.29. The van der Waals surface area contributed by atoms with Crippen LogP contribution in [-0.2, 0) is 0 Å². The highest BCUT2D eigenvalue weighted by Crippen LogP contribution is 2.40. The monoisotopic (exact) mass is 239 g/mol. The number of thiophene rings is 1. The maximum Gasteiger partial charge on any atom is 0.0948 e. The highest BCUT2D eigenvalue weighted by Gasteiger charge is 2.11. The van der Waals surface area contributed by atoms with Gasteiger partial charge in [0.25, 0.3) is 0 Å². The number of anilines is 1. The summed E-state index contributed by atoms with van der Waals surface area (Å²) in [7, 11) is 0. The molecule has 1 heterocycles. The third-order valence-electron chi connectivity index (χ3n) is 2.94. The number of hydrogen-bond acceptors (Lipinski definition) is 2. The predicted octanol–water partition coefficient (Wildman–Crippen LogP) is 4.46. The average molecular weight is 239 g/mol. The molecule has 0 saturated carbocycles. The van der Waals surface area contributed by atoms with E-state index in [1.54, 1.807) is 11.3 Å². The van der Waals surface area contributed by atoms with Gasteiger partial charge in [0.2, 0.25) is 0 Å². The minimum Gasteiger partial charge on any atom is -0.390 e. The van der Waals surface area contributed by atoms with E-state index in [4.69, 9.17) is 5.73 Å². The minimum atomic E-state index is 0.900. The third-order valence-corrected chi connectivity index (χ3v) is 3.92. The number of nitrogens with two attached hydrogens (primary N) is 1. The molecule has 0 bridgehead atoms. The molecule has 0 aliphatic carbocycles. The molecule has 0 amide bonds. The molecular weight excluding hydrogens is 226 g/mol. The lowest BCUT2D eigenvalue weighted by Gasteiger charge is -2.01. The SMILES string of the molecule is Cc1ccc2c(-c3ccccc3)c(N)sc2c1. The maximum absolute atomic E-state index is 6.15. The average Bonchev–Trinajstić information content (AvgIpc) is 2.65. The van der Waals surface area contributed by atoms with Gasteiger partial charge < -0.3 is 5.73 Å². The van der Waals surface area contributed by atoms with Crippen LogP contribution < -0.4 is 5.73 Å². The first kappa shape index (κ1) is 10.4. The van der Waals surface area contributed by atoms with E-state index in [9.17, 15) is 0 Å². The lowest BCUT2D eigenvalue weighted by molar-refractivity contribution is 1.52. The molecule has 0 unspecified atom stereocenters. The smallest absolute Gasteiger partial charge is 0.0948 e. The fourth-order valence-electron chi connectivity index (χ4n) is 2.13. The molecule has 2 aromatic carbocycles. The van der Waals surface area contributed by atoms with Crippen LogP contribution in [0.2, 0.25) is 0 Å². The third kappa shape index (κ3) is 1.71. The standard InChI is InChI=1S/C15H13NS/c1-10-7-8-12-13(9-10)17-15(16)14(12)11-5-3-2-4-6-11/h2-9H,16H2,1H3. The van der Waals surface area contributed by atoms with Gasteiger partial charge in [-0.2, -0.15) is 0 Å². The maximum atomic E-state index is 6.15. The minimum absolute atomic E-state index is 0.900. The van der Waals surface area contributed by atoms with Gasteiger partial charge in [0.1, 0.15) is 0 Å². The second kappa shape index (κ2) is 3.90. The van der Waals surface area contributed by atoms with Crippen LogP contribution in [0.25, 0.3) is 21.2 Å². The molecule has 0 aliphatic heterocycles. The number of fused-ring (bicyclic) bond motifs is 1. The lowest BCUT2D eigenvalue weighted by atomic mass is 10.0. The summed E-state index contributed by atoms with van der Waals surface area (Å²) in [5, 5.41) is 2.15. The molecule has 17 heavy (non-hydrogen) atoms. The summed E-state index contributed by atoms with van der Waals surface area (Å²) in [6.45, 7) is 2.11. The lowest BCUT2D eigenvalue weighted by Crippen LogP contribution is -1.83. The van der Waals surface area contributed by atoms with E-state index in [0.717, 1.165) is 5.00 Å². The topological polar surface area (TPSA) is 26.0 Å². The Labute approximate surface area is 105 Å². The van der Waals surface area contributed by atoms with Crippen molar-refractivity contribution in [3.63, 3.8) is 0 Å². The van der Waals surface area contributed by atoms with E-state index in [2.05, 4.69) is 37.3 Å². The highest BCUT2D eigenvalue weighted by molar-refractivity contribution is 7.23. The zero-order valence-electron chi connectivity index (χ0n) is 9.60. The molecule has 84 valence electrons. The van der Waals surface area contributed by atoms with Gasteiger partial charge in [-0.3, -0.25) is 0 Å². The Balaban J connectivity index is 2.33. The Morgan fingerprint density at radius 3 is 2.53 bits per heavy atom. The molecule has 0 atom stereocenters. The van der Waals surface area contributed by atoms with Crippen LogP contribution in [0.3, 0.4) is 0 Å². The number of rotatable bonds is 1. The van der Waals surface area contributed by atoms with Crippen molar-refractivity contribution >= 4 is 26.4 Å². The number of benzene rings is 2. The Kier molecular flexibility index (Phi) is 2.37. The van der Waals surface area contributed by atoms with Crippen molar-refractivity contribution in [2.75, 3.05) is 5.73 Å². The number of aryl methyl sites for hydroxylation is 1. The van der Waals surface area contributed by atoms with E-state index in [1.165, 1.54) is 26.8 Å². The van der Waals surface area contributed by atoms with Crippen LogP contribution in [0, 0.1) is 6.92 Å². The first-order valence-electron chi connectivity index (χ1n) is 5.60. The molecule has 3 rings (SSSR count). The van der Waals surface area contributed by atoms with Gasteiger partial charge in [-0.1, -0.05) is 42.5 Å². The van der Waals surface area contributed by atoms with Gasteiger partial charge in [0.05, 0.1) is 5.00 Å². The van der Waals surface area contributed by atoms with E-state index in [0.29, 0.717) is 0 Å². The van der Waals surface area contributed by atoms with Crippen molar-refractivity contribution in [3.05, 3.63) is 54.1 Å². The van der Waals surface area contributed by atoms with Crippen LogP contribution in [0.15, 0.2) is 48.5 Å². The summed E-state index contributed by atoms with van der Waals surface area (Å²) in [4.78, 5) is 0. The van der Waals surface area contributed by atoms with Crippen LogP contribution in [0.1, 0.15) is 5.56 Å². The van der Waals surface area contributed by atoms with Crippen LogP contribution in [0.4, 0.5) is 5.00 Å². The predicted molar refractivity (Wildman–Crippen MR) is 76.4 cm³/mol. The number of hydrogen-bond donors (Lipinski definition) is 1. The van der Waals surface area contributed by atoms with Crippen LogP contribution in [0.5, 0.6) is 0 Å². The van der Waals surface area contributed by atoms with Gasteiger partial charge >= 0.3 is 0 Å². The molecule has 0 spiro atoms. The van der Waals surface area contributed by atoms with Gasteiger partial charge in [-0.05, 0) is 24.1 Å². The Bertz CT molecular complexity index is 668. The molecule has 1 nitrogen and oxygen atoms in total. The van der Waals surface area contributed by atoms with Gasteiger partial charge in [0, 0.05) is 15.6 Å². The summed E-state index contributed by atoms with van der Waals surface area (Å²) in [6, 6.07) is 16.8. The van der Waals surface area contributed by atoms with Crippen LogP contribution >= 0.6 is 11.3 Å². The fraction of sp³-hybridized carbons (Fsp3) is 0.0667. The molecule has 0 fully saturated rings. The first-order valence-corrected chi connectivity index (χ1v) is 6.41. The van der Waals surface area contributed by atoms with Gasteiger partial charge in [-0.15, -0.1) is 11.3 Å². The highest BCUT2D eigenvalue weighted by atomic mass is 32.1. The molecule has 2 N–H and O–H groups in total. The van der Waals surface area contributed by atoms with E-state index in [1.807, 2.05) is 18.2 Å². The molecule has 0 radical (unpaired) electrons. The molecule has 1 aromatic heterocycles. The summed E-state index contributed by atoms with van der Waals surface area (Å²) >= 11 is 1.67. The molecule has 0 aliphatic rings. The quantitative estimate of drug-likeness (QED) is 0.666. The molecular formula is C15H13NS. The number of nitrogen functional groups attached to an aromatic ring is 1. The summed E-state index contributed by atoms with van der Waals surface area (Å²) < 4.78 is 1.27. The first-order chi connectivity index (χ1) is 8.25. The Hall–Kier alpha value is -1.80. The molecule has 0 saturated heterocycles.